The van der Waals surface area contributed by atoms with Gasteiger partial charge < -0.3 is 4.90 Å². The predicted molar refractivity (Wildman–Crippen MR) is 66.2 cm³/mol. The second-order valence-electron chi connectivity index (χ2n) is 3.47. The van der Waals surface area contributed by atoms with E-state index in [2.05, 4.69) is 5.18 Å². The van der Waals surface area contributed by atoms with Crippen LogP contribution in [0.3, 0.4) is 0 Å². The highest BCUT2D eigenvalue weighted by molar-refractivity contribution is 7.85. The van der Waals surface area contributed by atoms with Crippen LogP contribution in [0, 0.1) is 4.91 Å². The van der Waals surface area contributed by atoms with Gasteiger partial charge >= 0.3 is 0 Å². The number of hydrogen-bond donors (Lipinski definition) is 1. The molecule has 0 aromatic heterocycles. The van der Waals surface area contributed by atoms with Gasteiger partial charge in [-0.1, -0.05) is 0 Å². The lowest BCUT2D eigenvalue weighted by Crippen LogP contribution is -2.28. The highest BCUT2D eigenvalue weighted by Gasteiger charge is 2.10. The Balaban J connectivity index is 2.75. The zero-order valence-corrected chi connectivity index (χ0v) is 10.2. The van der Waals surface area contributed by atoms with Crippen LogP contribution in [0.25, 0.3) is 0 Å². The van der Waals surface area contributed by atoms with Gasteiger partial charge in [0.2, 0.25) is 0 Å². The minimum Gasteiger partial charge on any atom is -0.371 e. The highest BCUT2D eigenvalue weighted by Crippen LogP contribution is 2.19. The quantitative estimate of drug-likeness (QED) is 0.621. The lowest BCUT2D eigenvalue weighted by Gasteiger charge is -2.22. The van der Waals surface area contributed by atoms with E-state index in [9.17, 15) is 13.3 Å². The maximum atomic E-state index is 10.7. The summed E-state index contributed by atoms with van der Waals surface area (Å²) >= 11 is 0. The van der Waals surface area contributed by atoms with Crippen molar-refractivity contribution in [1.29, 1.82) is 0 Å². The molecule has 0 heterocycles. The molecule has 0 saturated heterocycles. The summed E-state index contributed by atoms with van der Waals surface area (Å²) in [6.45, 7) is 2.67. The van der Waals surface area contributed by atoms with Gasteiger partial charge in [-0.05, 0) is 36.4 Å². The van der Waals surface area contributed by atoms with E-state index in [0.29, 0.717) is 12.2 Å². The first-order valence-corrected chi connectivity index (χ1v) is 6.70. The predicted octanol–water partition coefficient (Wildman–Crippen LogP) is 1.80. The zero-order chi connectivity index (χ0) is 12.9. The molecule has 7 heteroatoms. The molecule has 1 aromatic carbocycles. The van der Waals surface area contributed by atoms with Gasteiger partial charge in [-0.25, -0.2) is 0 Å². The molecule has 1 aromatic rings. The number of nitrogens with zero attached hydrogens (tertiary/aromatic N) is 2. The summed E-state index contributed by atoms with van der Waals surface area (Å²) in [5.41, 5.74) is 1.10. The summed E-state index contributed by atoms with van der Waals surface area (Å²) < 4.78 is 30.0. The Hall–Kier alpha value is -1.47. The standard InChI is InChI=1S/C10H14N2O4S/c1-2-12(7-8-17(14,15)16)10-5-3-9(11-13)4-6-10/h3-6H,2,7-8H2,1H3,(H,14,15,16). The second kappa shape index (κ2) is 5.74. The van der Waals surface area contributed by atoms with E-state index in [1.165, 1.54) is 0 Å². The molecule has 94 valence electrons. The maximum absolute atomic E-state index is 10.7. The molecule has 1 rings (SSSR count). The van der Waals surface area contributed by atoms with Crippen LogP contribution in [0.4, 0.5) is 11.4 Å². The average molecular weight is 258 g/mol. The van der Waals surface area contributed by atoms with Crippen molar-refractivity contribution >= 4 is 21.5 Å². The second-order valence-corrected chi connectivity index (χ2v) is 5.05. The van der Waals surface area contributed by atoms with Crippen LogP contribution in [-0.2, 0) is 10.1 Å². The van der Waals surface area contributed by atoms with Gasteiger partial charge in [0, 0.05) is 18.8 Å². The van der Waals surface area contributed by atoms with E-state index in [-0.39, 0.29) is 12.3 Å². The van der Waals surface area contributed by atoms with E-state index >= 15 is 0 Å². The molecule has 0 amide bonds. The lowest BCUT2D eigenvalue weighted by molar-refractivity contribution is 0.482. The maximum Gasteiger partial charge on any atom is 0.266 e. The van der Waals surface area contributed by atoms with E-state index < -0.39 is 10.1 Å². The van der Waals surface area contributed by atoms with Crippen molar-refractivity contribution < 1.29 is 13.0 Å². The summed E-state index contributed by atoms with van der Waals surface area (Å²) in [6.07, 6.45) is 0. The molecule has 0 aliphatic carbocycles. The minimum atomic E-state index is -3.96. The summed E-state index contributed by atoms with van der Waals surface area (Å²) in [7, 11) is -3.96. The Kier molecular flexibility index (Phi) is 4.59. The SMILES string of the molecule is CCN(CCS(=O)(=O)O)c1ccc(N=O)cc1. The first-order valence-electron chi connectivity index (χ1n) is 5.10. The van der Waals surface area contributed by atoms with Crippen LogP contribution in [0.2, 0.25) is 0 Å². The fourth-order valence-electron chi connectivity index (χ4n) is 1.42. The third-order valence-electron chi connectivity index (χ3n) is 2.32. The molecule has 0 atom stereocenters. The topological polar surface area (TPSA) is 87.0 Å². The van der Waals surface area contributed by atoms with Crippen LogP contribution in [0.15, 0.2) is 29.4 Å². The van der Waals surface area contributed by atoms with Crippen molar-refractivity contribution in [3.05, 3.63) is 29.2 Å². The fraction of sp³-hybridized carbons (Fsp3) is 0.400. The highest BCUT2D eigenvalue weighted by atomic mass is 32.2. The molecule has 0 radical (unpaired) electrons. The molecule has 0 unspecified atom stereocenters. The van der Waals surface area contributed by atoms with Crippen molar-refractivity contribution in [2.75, 3.05) is 23.7 Å². The van der Waals surface area contributed by atoms with Crippen molar-refractivity contribution in [3.8, 4) is 0 Å². The first-order chi connectivity index (χ1) is 7.96. The molecule has 1 N–H and O–H groups in total. The summed E-state index contributed by atoms with van der Waals surface area (Å²) in [5, 5.41) is 2.78. The molecule has 0 aliphatic heterocycles. The molecule has 0 spiro atoms. The molecule has 0 aliphatic rings. The van der Waals surface area contributed by atoms with Gasteiger partial charge in [0.05, 0.1) is 5.75 Å². The third-order valence-corrected chi connectivity index (χ3v) is 3.02. The lowest BCUT2D eigenvalue weighted by atomic mass is 10.2. The molecule has 0 bridgehead atoms. The van der Waals surface area contributed by atoms with Crippen LogP contribution >= 0.6 is 0 Å². The van der Waals surface area contributed by atoms with E-state index in [1.807, 2.05) is 6.92 Å². The van der Waals surface area contributed by atoms with E-state index in [1.54, 1.807) is 29.2 Å². The van der Waals surface area contributed by atoms with Crippen molar-refractivity contribution in [1.82, 2.24) is 0 Å². The van der Waals surface area contributed by atoms with Crippen molar-refractivity contribution in [2.24, 2.45) is 5.18 Å². The minimum absolute atomic E-state index is 0.198. The first kappa shape index (κ1) is 13.6. The Labute approximate surface area is 100.0 Å². The zero-order valence-electron chi connectivity index (χ0n) is 9.41. The fourth-order valence-corrected chi connectivity index (χ4v) is 1.87. The number of benzene rings is 1. The van der Waals surface area contributed by atoms with Crippen molar-refractivity contribution in [3.63, 3.8) is 0 Å². The Morgan fingerprint density at radius 1 is 1.29 bits per heavy atom. The molecular formula is C10H14N2O4S. The van der Waals surface area contributed by atoms with Gasteiger partial charge in [0.1, 0.15) is 5.69 Å². The summed E-state index contributed by atoms with van der Waals surface area (Å²) in [5.74, 6) is -0.325. The number of hydrogen-bond acceptors (Lipinski definition) is 5. The molecule has 0 fully saturated rings. The normalized spacial score (nSPS) is 11.2. The van der Waals surface area contributed by atoms with Gasteiger partial charge in [0.15, 0.2) is 0 Å². The van der Waals surface area contributed by atoms with Gasteiger partial charge in [0.25, 0.3) is 10.1 Å². The third kappa shape index (κ3) is 4.49. The molecular weight excluding hydrogens is 244 g/mol. The smallest absolute Gasteiger partial charge is 0.266 e. The van der Waals surface area contributed by atoms with Crippen LogP contribution in [0.5, 0.6) is 0 Å². The average Bonchev–Trinajstić information content (AvgIpc) is 2.29. The molecule has 17 heavy (non-hydrogen) atoms. The van der Waals surface area contributed by atoms with Crippen LogP contribution in [0.1, 0.15) is 6.92 Å². The summed E-state index contributed by atoms with van der Waals surface area (Å²) in [6, 6.07) is 6.48. The van der Waals surface area contributed by atoms with E-state index in [4.69, 9.17) is 4.55 Å². The number of nitroso groups, excluding NO2 is 1. The van der Waals surface area contributed by atoms with Gasteiger partial charge in [-0.2, -0.15) is 8.42 Å². The number of anilines is 1. The monoisotopic (exact) mass is 258 g/mol. The molecule has 0 saturated carbocycles. The van der Waals surface area contributed by atoms with Crippen LogP contribution in [-0.4, -0.2) is 31.8 Å². The Bertz CT molecular complexity index is 470. The summed E-state index contributed by atoms with van der Waals surface area (Å²) in [4.78, 5) is 12.0. The van der Waals surface area contributed by atoms with Gasteiger partial charge in [-0.15, -0.1) is 4.91 Å². The number of rotatable bonds is 6. The largest absolute Gasteiger partial charge is 0.371 e. The van der Waals surface area contributed by atoms with Crippen LogP contribution < -0.4 is 4.90 Å². The van der Waals surface area contributed by atoms with E-state index in [0.717, 1.165) is 5.69 Å². The Morgan fingerprint density at radius 2 is 1.88 bits per heavy atom. The van der Waals surface area contributed by atoms with Gasteiger partial charge in [-0.3, -0.25) is 4.55 Å². The van der Waals surface area contributed by atoms with Crippen molar-refractivity contribution in [2.45, 2.75) is 6.92 Å². The Morgan fingerprint density at radius 3 is 2.29 bits per heavy atom. The molecule has 6 nitrogen and oxygen atoms in total.